The summed E-state index contributed by atoms with van der Waals surface area (Å²) in [6, 6.07) is 0. The van der Waals surface area contributed by atoms with Crippen LogP contribution in [0.4, 0.5) is 10.3 Å². The van der Waals surface area contributed by atoms with Gasteiger partial charge in [-0.25, -0.2) is 23.9 Å². The molecule has 1 unspecified atom stereocenters. The van der Waals surface area contributed by atoms with Gasteiger partial charge >= 0.3 is 7.82 Å². The van der Waals surface area contributed by atoms with Crippen molar-refractivity contribution in [1.29, 1.82) is 0 Å². The SMILES string of the molecule is Nc1nc2c(ncn2[C@@H]2O[C@H](CO)C[C@H]2OP(=O)(O)OC[C@H]2O[C@H](n3cnc4c(=O)[nH]cnc43)[C@H](F)[C@@H]2O)c(=O)[nH]1. The molecule has 6 heterocycles. The van der Waals surface area contributed by atoms with Crippen LogP contribution in [0.15, 0.2) is 28.6 Å². The van der Waals surface area contributed by atoms with Crippen molar-refractivity contribution in [3.8, 4) is 0 Å². The molecule has 220 valence electrons. The Kier molecular flexibility index (Phi) is 6.94. The molecule has 8 atom stereocenters. The highest BCUT2D eigenvalue weighted by Crippen LogP contribution is 2.50. The lowest BCUT2D eigenvalue weighted by Crippen LogP contribution is -2.31. The standard InChI is InChI=1S/C20H23FN9O10P/c21-10-13(32)9(39-19(10)29-5-25-11-14(29)23-4-24-16(11)33)3-37-41(35,36)40-8-1-7(2-31)38-18(8)30-6-26-12-15(30)27-20(22)28-17(12)34/h4-10,13,18-19,31-32H,1-3H2,(H,35,36)(H,23,24,33)(H3,22,27,28,34)/t7-,8+,9+,10+,13+,18+,19-/m0/s1. The normalized spacial score (nSPS) is 29.9. The van der Waals surface area contributed by atoms with Crippen LogP contribution in [0.25, 0.3) is 22.3 Å². The molecular weight excluding hydrogens is 576 g/mol. The van der Waals surface area contributed by atoms with Gasteiger partial charge in [-0.3, -0.25) is 32.8 Å². The molecule has 0 radical (unpaired) electrons. The van der Waals surface area contributed by atoms with E-state index in [1.54, 1.807) is 0 Å². The van der Waals surface area contributed by atoms with Gasteiger partial charge in [0.2, 0.25) is 5.95 Å². The largest absolute Gasteiger partial charge is 0.472 e. The number of nitrogens with two attached hydrogens (primary N) is 1. The number of halogens is 1. The van der Waals surface area contributed by atoms with Crippen LogP contribution >= 0.6 is 7.82 Å². The molecular formula is C20H23FN9O10P. The van der Waals surface area contributed by atoms with Gasteiger partial charge in [-0.15, -0.1) is 0 Å². The number of aliphatic hydroxyl groups is 2. The fourth-order valence-corrected chi connectivity index (χ4v) is 5.71. The highest BCUT2D eigenvalue weighted by molar-refractivity contribution is 7.47. The Morgan fingerprint density at radius 3 is 2.56 bits per heavy atom. The summed E-state index contributed by atoms with van der Waals surface area (Å²) in [7, 11) is -4.92. The maximum absolute atomic E-state index is 15.0. The van der Waals surface area contributed by atoms with Crippen LogP contribution in [-0.2, 0) is 23.1 Å². The number of H-pyrrole nitrogens is 2. The summed E-state index contributed by atoms with van der Waals surface area (Å²) in [6.07, 6.45) is -6.55. The molecule has 0 saturated carbocycles. The number of fused-ring (bicyclic) bond motifs is 2. The van der Waals surface area contributed by atoms with Crippen LogP contribution in [0.1, 0.15) is 18.9 Å². The first-order chi connectivity index (χ1) is 19.6. The van der Waals surface area contributed by atoms with Crippen LogP contribution in [0.3, 0.4) is 0 Å². The third kappa shape index (κ3) is 4.93. The Labute approximate surface area is 226 Å². The van der Waals surface area contributed by atoms with Crippen molar-refractivity contribution in [1.82, 2.24) is 39.0 Å². The zero-order valence-corrected chi connectivity index (χ0v) is 21.6. The van der Waals surface area contributed by atoms with E-state index in [-0.39, 0.29) is 34.7 Å². The highest BCUT2D eigenvalue weighted by atomic mass is 31.2. The topological polar surface area (TPSA) is 268 Å². The Morgan fingerprint density at radius 1 is 1.12 bits per heavy atom. The minimum atomic E-state index is -4.92. The van der Waals surface area contributed by atoms with E-state index in [9.17, 15) is 29.3 Å². The molecule has 0 bridgehead atoms. The number of ether oxygens (including phenoxy) is 2. The van der Waals surface area contributed by atoms with E-state index in [0.29, 0.717) is 0 Å². The molecule has 2 aliphatic heterocycles. The number of hydrogen-bond acceptors (Lipinski definition) is 14. The van der Waals surface area contributed by atoms with E-state index in [4.69, 9.17) is 24.3 Å². The monoisotopic (exact) mass is 599 g/mol. The van der Waals surface area contributed by atoms with Gasteiger partial charge in [0.1, 0.15) is 18.3 Å². The summed E-state index contributed by atoms with van der Waals surface area (Å²) in [4.78, 5) is 55.0. The van der Waals surface area contributed by atoms with E-state index in [0.717, 1.165) is 17.2 Å². The minimum Gasteiger partial charge on any atom is -0.394 e. The smallest absolute Gasteiger partial charge is 0.394 e. The number of nitrogen functional groups attached to an aromatic ring is 1. The molecule has 4 aromatic heterocycles. The molecule has 0 aliphatic carbocycles. The first-order valence-corrected chi connectivity index (χ1v) is 13.6. The van der Waals surface area contributed by atoms with Gasteiger partial charge < -0.3 is 35.3 Å². The van der Waals surface area contributed by atoms with Crippen molar-refractivity contribution in [2.75, 3.05) is 18.9 Å². The average Bonchev–Trinajstić information content (AvgIpc) is 3.69. The molecule has 4 aromatic rings. The predicted molar refractivity (Wildman–Crippen MR) is 132 cm³/mol. The maximum Gasteiger partial charge on any atom is 0.472 e. The maximum atomic E-state index is 15.0. The number of nitrogens with one attached hydrogen (secondary N) is 2. The Hall–Kier alpha value is -3.62. The van der Waals surface area contributed by atoms with Gasteiger partial charge in [0.15, 0.2) is 41.0 Å². The number of aliphatic hydroxyl groups excluding tert-OH is 2. The van der Waals surface area contributed by atoms with Gasteiger partial charge in [-0.2, -0.15) is 4.98 Å². The fourth-order valence-electron chi connectivity index (χ4n) is 4.79. The second-order valence-electron chi connectivity index (χ2n) is 9.31. The molecule has 7 N–H and O–H groups in total. The van der Waals surface area contributed by atoms with Crippen molar-refractivity contribution >= 4 is 36.1 Å². The van der Waals surface area contributed by atoms with Crippen molar-refractivity contribution in [2.45, 2.75) is 49.5 Å². The number of phosphoric ester groups is 1. The van der Waals surface area contributed by atoms with Crippen molar-refractivity contribution in [2.24, 2.45) is 0 Å². The number of imidazole rings is 2. The summed E-state index contributed by atoms with van der Waals surface area (Å²) in [5.41, 5.74) is 4.30. The summed E-state index contributed by atoms with van der Waals surface area (Å²) in [6.45, 7) is -1.23. The van der Waals surface area contributed by atoms with E-state index >= 15 is 4.39 Å². The number of anilines is 1. The third-order valence-electron chi connectivity index (χ3n) is 6.68. The van der Waals surface area contributed by atoms with Gasteiger partial charge in [0.05, 0.1) is 38.3 Å². The van der Waals surface area contributed by atoms with E-state index < -0.39 is 75.2 Å². The molecule has 41 heavy (non-hydrogen) atoms. The quantitative estimate of drug-likeness (QED) is 0.122. The summed E-state index contributed by atoms with van der Waals surface area (Å²) in [5.74, 6) is -0.208. The molecule has 19 nitrogen and oxygen atoms in total. The van der Waals surface area contributed by atoms with E-state index in [1.165, 1.54) is 10.9 Å². The summed E-state index contributed by atoms with van der Waals surface area (Å²) >= 11 is 0. The van der Waals surface area contributed by atoms with Crippen LogP contribution in [-0.4, -0.2) is 97.9 Å². The number of nitrogens with zero attached hydrogens (tertiary/aromatic N) is 6. The Morgan fingerprint density at radius 2 is 1.83 bits per heavy atom. The number of hydrogen-bond donors (Lipinski definition) is 6. The number of alkyl halides is 1. The first-order valence-electron chi connectivity index (χ1n) is 12.1. The first kappa shape index (κ1) is 27.5. The lowest BCUT2D eigenvalue weighted by atomic mass is 10.1. The van der Waals surface area contributed by atoms with E-state index in [2.05, 4.69) is 29.9 Å². The van der Waals surface area contributed by atoms with Gasteiger partial charge in [-0.05, 0) is 0 Å². The zero-order chi connectivity index (χ0) is 29.1. The van der Waals surface area contributed by atoms with Crippen molar-refractivity contribution < 1.29 is 42.6 Å². The zero-order valence-electron chi connectivity index (χ0n) is 20.7. The second kappa shape index (κ2) is 10.3. The lowest BCUT2D eigenvalue weighted by Gasteiger charge is -2.23. The van der Waals surface area contributed by atoms with Crippen molar-refractivity contribution in [3.63, 3.8) is 0 Å². The molecule has 2 aliphatic rings. The summed E-state index contributed by atoms with van der Waals surface area (Å²) in [5, 5.41) is 20.0. The molecule has 0 amide bonds. The van der Waals surface area contributed by atoms with Gasteiger partial charge in [-0.1, -0.05) is 0 Å². The number of aromatic amines is 2. The number of aromatic nitrogens is 8. The molecule has 2 saturated heterocycles. The fraction of sp³-hybridized carbons (Fsp3) is 0.500. The van der Waals surface area contributed by atoms with Gasteiger partial charge in [0.25, 0.3) is 11.1 Å². The molecule has 21 heteroatoms. The minimum absolute atomic E-state index is 0.00214. The van der Waals surface area contributed by atoms with Crippen LogP contribution in [0.2, 0.25) is 0 Å². The third-order valence-corrected chi connectivity index (χ3v) is 7.69. The van der Waals surface area contributed by atoms with E-state index in [1.807, 2.05) is 0 Å². The second-order valence-corrected chi connectivity index (χ2v) is 10.7. The predicted octanol–water partition coefficient (Wildman–Crippen LogP) is -1.79. The van der Waals surface area contributed by atoms with Crippen LogP contribution in [0, 0.1) is 0 Å². The number of phosphoric acid groups is 1. The molecule has 6 rings (SSSR count). The Balaban J connectivity index is 1.17. The summed E-state index contributed by atoms with van der Waals surface area (Å²) < 4.78 is 51.9. The molecule has 2 fully saturated rings. The Bertz CT molecular complexity index is 1760. The molecule has 0 aromatic carbocycles. The highest BCUT2D eigenvalue weighted by Gasteiger charge is 2.48. The van der Waals surface area contributed by atoms with Crippen LogP contribution in [0.5, 0.6) is 0 Å². The number of rotatable bonds is 8. The lowest BCUT2D eigenvalue weighted by molar-refractivity contribution is -0.0600. The molecule has 0 spiro atoms. The van der Waals surface area contributed by atoms with Crippen molar-refractivity contribution in [3.05, 3.63) is 39.7 Å². The average molecular weight is 599 g/mol. The van der Waals surface area contributed by atoms with Crippen LogP contribution < -0.4 is 16.9 Å². The van der Waals surface area contributed by atoms with Gasteiger partial charge in [0, 0.05) is 6.42 Å².